The molecule has 11 heavy (non-hydrogen) atoms. The van der Waals surface area contributed by atoms with Gasteiger partial charge in [-0.15, -0.1) is 0 Å². The average molecular weight is 172 g/mol. The van der Waals surface area contributed by atoms with E-state index in [9.17, 15) is 0 Å². The number of ether oxygens (including phenoxy) is 1. The van der Waals surface area contributed by atoms with Crippen LogP contribution in [0.5, 0.6) is 0 Å². The van der Waals surface area contributed by atoms with E-state index in [2.05, 4.69) is 18.3 Å². The van der Waals surface area contributed by atoms with Crippen molar-refractivity contribution >= 4 is 11.8 Å². The van der Waals surface area contributed by atoms with Crippen LogP contribution in [0.15, 0.2) is 12.8 Å². The first kappa shape index (κ1) is 8.98. The van der Waals surface area contributed by atoms with Gasteiger partial charge in [0.1, 0.15) is 0 Å². The Morgan fingerprint density at radius 3 is 2.82 bits per heavy atom. The number of rotatable bonds is 4. The zero-order valence-corrected chi connectivity index (χ0v) is 7.74. The topological polar surface area (TPSA) is 9.23 Å². The molecule has 0 aromatic rings. The zero-order valence-electron chi connectivity index (χ0n) is 6.92. The molecule has 0 N–H and O–H groups in total. The molecular weight excluding hydrogens is 156 g/mol. The van der Waals surface area contributed by atoms with E-state index in [-0.39, 0.29) is 0 Å². The molecule has 2 heteroatoms. The van der Waals surface area contributed by atoms with Gasteiger partial charge < -0.3 is 4.74 Å². The molecule has 0 spiro atoms. The van der Waals surface area contributed by atoms with Gasteiger partial charge in [-0.3, -0.25) is 0 Å². The minimum absolute atomic E-state index is 0.860. The summed E-state index contributed by atoms with van der Waals surface area (Å²) in [4.78, 5) is 0. The highest BCUT2D eigenvalue weighted by molar-refractivity contribution is 7.99. The van der Waals surface area contributed by atoms with E-state index < -0.39 is 0 Å². The van der Waals surface area contributed by atoms with Crippen LogP contribution in [0.1, 0.15) is 19.3 Å². The van der Waals surface area contributed by atoms with Gasteiger partial charge in [0.25, 0.3) is 0 Å². The summed E-state index contributed by atoms with van der Waals surface area (Å²) in [6.45, 7) is 4.38. The Morgan fingerprint density at radius 2 is 2.18 bits per heavy atom. The Balaban J connectivity index is 2.00. The number of hydrogen-bond acceptors (Lipinski definition) is 2. The lowest BCUT2D eigenvalue weighted by Gasteiger charge is -2.20. The van der Waals surface area contributed by atoms with Crippen molar-refractivity contribution in [3.05, 3.63) is 12.8 Å². The summed E-state index contributed by atoms with van der Waals surface area (Å²) in [6, 6.07) is 0. The van der Waals surface area contributed by atoms with Gasteiger partial charge in [-0.2, -0.15) is 11.8 Å². The molecule has 0 unspecified atom stereocenters. The summed E-state index contributed by atoms with van der Waals surface area (Å²) in [6.07, 6.45) is 5.51. The third-order valence-corrected chi connectivity index (χ3v) is 3.15. The SMILES string of the molecule is C=COCCC1CCSCC1. The summed E-state index contributed by atoms with van der Waals surface area (Å²) in [5.74, 6) is 3.61. The van der Waals surface area contributed by atoms with Crippen LogP contribution in [-0.2, 0) is 4.74 Å². The maximum Gasteiger partial charge on any atom is 0.0875 e. The van der Waals surface area contributed by atoms with E-state index in [0.717, 1.165) is 12.5 Å². The maximum absolute atomic E-state index is 5.09. The molecule has 0 saturated carbocycles. The lowest BCUT2D eigenvalue weighted by Crippen LogP contribution is -2.11. The van der Waals surface area contributed by atoms with Crippen LogP contribution in [0.2, 0.25) is 0 Å². The molecule has 0 aliphatic carbocycles. The Labute approximate surface area is 73.2 Å². The highest BCUT2D eigenvalue weighted by Crippen LogP contribution is 2.24. The maximum atomic E-state index is 5.09. The molecule has 1 heterocycles. The standard InChI is InChI=1S/C9H16OS/c1-2-10-6-3-9-4-7-11-8-5-9/h2,9H,1,3-8H2. The van der Waals surface area contributed by atoms with Crippen molar-refractivity contribution in [3.8, 4) is 0 Å². The summed E-state index contributed by atoms with van der Waals surface area (Å²) in [7, 11) is 0. The van der Waals surface area contributed by atoms with Gasteiger partial charge in [0, 0.05) is 0 Å². The van der Waals surface area contributed by atoms with E-state index in [1.165, 1.54) is 37.0 Å². The van der Waals surface area contributed by atoms with Gasteiger partial charge in [-0.25, -0.2) is 0 Å². The van der Waals surface area contributed by atoms with Crippen molar-refractivity contribution in [3.63, 3.8) is 0 Å². The van der Waals surface area contributed by atoms with Crippen LogP contribution in [0, 0.1) is 5.92 Å². The van der Waals surface area contributed by atoms with Gasteiger partial charge in [0.05, 0.1) is 12.9 Å². The monoisotopic (exact) mass is 172 g/mol. The largest absolute Gasteiger partial charge is 0.502 e. The van der Waals surface area contributed by atoms with Crippen molar-refractivity contribution in [1.82, 2.24) is 0 Å². The molecule has 1 nitrogen and oxygen atoms in total. The lowest BCUT2D eigenvalue weighted by atomic mass is 10.00. The Hall–Kier alpha value is -0.110. The van der Waals surface area contributed by atoms with E-state index in [1.807, 2.05) is 0 Å². The molecule has 0 radical (unpaired) electrons. The average Bonchev–Trinajstić information content (AvgIpc) is 2.07. The molecule has 0 aromatic carbocycles. The zero-order chi connectivity index (χ0) is 7.94. The highest BCUT2D eigenvalue weighted by atomic mass is 32.2. The molecule has 0 atom stereocenters. The number of thioether (sulfide) groups is 1. The van der Waals surface area contributed by atoms with Crippen molar-refractivity contribution in [2.45, 2.75) is 19.3 Å². The second-order valence-corrected chi connectivity index (χ2v) is 4.11. The Bertz CT molecular complexity index is 108. The predicted octanol–water partition coefficient (Wildman–Crippen LogP) is 2.68. The molecule has 0 aromatic heterocycles. The predicted molar refractivity (Wildman–Crippen MR) is 50.8 cm³/mol. The fourth-order valence-corrected chi connectivity index (χ4v) is 2.56. The van der Waals surface area contributed by atoms with Gasteiger partial charge in [0.15, 0.2) is 0 Å². The summed E-state index contributed by atoms with van der Waals surface area (Å²) in [5, 5.41) is 0. The molecule has 1 rings (SSSR count). The Morgan fingerprint density at radius 1 is 1.45 bits per heavy atom. The second kappa shape index (κ2) is 5.53. The molecule has 1 fully saturated rings. The van der Waals surface area contributed by atoms with Crippen LogP contribution in [0.25, 0.3) is 0 Å². The van der Waals surface area contributed by atoms with Gasteiger partial charge in [0.2, 0.25) is 0 Å². The van der Waals surface area contributed by atoms with Crippen LogP contribution in [0.3, 0.4) is 0 Å². The van der Waals surface area contributed by atoms with Gasteiger partial charge in [-0.1, -0.05) is 6.58 Å². The van der Waals surface area contributed by atoms with Gasteiger partial charge >= 0.3 is 0 Å². The molecular formula is C9H16OS. The molecule has 64 valence electrons. The third-order valence-electron chi connectivity index (χ3n) is 2.10. The molecule has 0 amide bonds. The third kappa shape index (κ3) is 3.71. The lowest BCUT2D eigenvalue weighted by molar-refractivity contribution is 0.219. The normalized spacial score (nSPS) is 19.6. The first-order valence-corrected chi connectivity index (χ1v) is 5.39. The molecule has 1 aliphatic heterocycles. The quantitative estimate of drug-likeness (QED) is 0.476. The first-order valence-electron chi connectivity index (χ1n) is 4.23. The van der Waals surface area contributed by atoms with Crippen LogP contribution in [0.4, 0.5) is 0 Å². The van der Waals surface area contributed by atoms with Crippen LogP contribution in [-0.4, -0.2) is 18.1 Å². The summed E-state index contributed by atoms with van der Waals surface area (Å²) >= 11 is 2.08. The van der Waals surface area contributed by atoms with Crippen molar-refractivity contribution in [2.75, 3.05) is 18.1 Å². The van der Waals surface area contributed by atoms with Crippen LogP contribution >= 0.6 is 11.8 Å². The van der Waals surface area contributed by atoms with Gasteiger partial charge in [-0.05, 0) is 36.7 Å². The highest BCUT2D eigenvalue weighted by Gasteiger charge is 2.12. The fraction of sp³-hybridized carbons (Fsp3) is 0.778. The molecule has 1 saturated heterocycles. The smallest absolute Gasteiger partial charge is 0.0875 e. The van der Waals surface area contributed by atoms with E-state index >= 15 is 0 Å². The van der Waals surface area contributed by atoms with Crippen molar-refractivity contribution in [2.24, 2.45) is 5.92 Å². The summed E-state index contributed by atoms with van der Waals surface area (Å²) < 4.78 is 5.09. The molecule has 0 bridgehead atoms. The number of hydrogen-bond donors (Lipinski definition) is 0. The fourth-order valence-electron chi connectivity index (χ4n) is 1.35. The van der Waals surface area contributed by atoms with E-state index in [0.29, 0.717) is 0 Å². The van der Waals surface area contributed by atoms with Crippen molar-refractivity contribution < 1.29 is 4.74 Å². The Kier molecular flexibility index (Phi) is 4.51. The minimum atomic E-state index is 0.860. The first-order chi connectivity index (χ1) is 5.43. The van der Waals surface area contributed by atoms with E-state index in [4.69, 9.17) is 4.74 Å². The van der Waals surface area contributed by atoms with Crippen molar-refractivity contribution in [1.29, 1.82) is 0 Å². The summed E-state index contributed by atoms with van der Waals surface area (Å²) in [5.41, 5.74) is 0. The van der Waals surface area contributed by atoms with Crippen LogP contribution < -0.4 is 0 Å². The molecule has 1 aliphatic rings. The minimum Gasteiger partial charge on any atom is -0.502 e. The van der Waals surface area contributed by atoms with E-state index in [1.54, 1.807) is 0 Å². The second-order valence-electron chi connectivity index (χ2n) is 2.88.